The van der Waals surface area contributed by atoms with E-state index in [-0.39, 0.29) is 5.78 Å². The molecule has 0 aliphatic rings. The minimum Gasteiger partial charge on any atom is -0.366 e. The van der Waals surface area contributed by atoms with Gasteiger partial charge in [0.1, 0.15) is 5.82 Å². The van der Waals surface area contributed by atoms with Gasteiger partial charge in [-0.05, 0) is 30.7 Å². The molecule has 2 heterocycles. The first kappa shape index (κ1) is 19.3. The summed E-state index contributed by atoms with van der Waals surface area (Å²) >= 11 is 0. The predicted octanol–water partition coefficient (Wildman–Crippen LogP) is 5.10. The average Bonchev–Trinajstić information content (AvgIpc) is 2.79. The van der Waals surface area contributed by atoms with Crippen LogP contribution in [0.1, 0.15) is 22.8 Å². The molecule has 0 radical (unpaired) electrons. The highest BCUT2D eigenvalue weighted by molar-refractivity contribution is 5.95. The van der Waals surface area contributed by atoms with Gasteiger partial charge in [-0.15, -0.1) is 0 Å². The average molecular weight is 395 g/mol. The van der Waals surface area contributed by atoms with Crippen LogP contribution in [0.25, 0.3) is 11.3 Å². The summed E-state index contributed by atoms with van der Waals surface area (Å²) in [5.74, 6) is 1.15. The molecule has 0 atom stereocenters. The van der Waals surface area contributed by atoms with E-state index in [1.54, 1.807) is 25.3 Å². The van der Waals surface area contributed by atoms with E-state index in [1.807, 2.05) is 66.9 Å². The van der Waals surface area contributed by atoms with Crippen molar-refractivity contribution >= 4 is 23.2 Å². The number of nitrogens with one attached hydrogen (secondary N) is 2. The minimum atomic E-state index is 0.0106. The Morgan fingerprint density at radius 1 is 0.933 bits per heavy atom. The molecule has 4 rings (SSSR count). The van der Waals surface area contributed by atoms with Crippen LogP contribution in [0.5, 0.6) is 0 Å². The van der Waals surface area contributed by atoms with E-state index < -0.39 is 0 Å². The van der Waals surface area contributed by atoms with Crippen LogP contribution in [0.15, 0.2) is 85.2 Å². The molecular weight excluding hydrogens is 374 g/mol. The molecule has 0 spiro atoms. The Balaban J connectivity index is 1.65. The minimum absolute atomic E-state index is 0.0106. The second kappa shape index (κ2) is 8.96. The number of Topliss-reactive ketones (excluding diaryl/α,β-unsaturated/α-hetero) is 1. The zero-order chi connectivity index (χ0) is 20.8. The molecule has 0 aliphatic carbocycles. The van der Waals surface area contributed by atoms with E-state index >= 15 is 0 Å². The van der Waals surface area contributed by atoms with Crippen LogP contribution >= 0.6 is 0 Å². The van der Waals surface area contributed by atoms with Crippen molar-refractivity contribution in [2.75, 3.05) is 10.6 Å². The summed E-state index contributed by atoms with van der Waals surface area (Å²) in [6.45, 7) is 2.14. The van der Waals surface area contributed by atoms with Crippen LogP contribution < -0.4 is 10.6 Å². The van der Waals surface area contributed by atoms with Crippen molar-refractivity contribution in [3.05, 3.63) is 96.3 Å². The molecule has 0 amide bonds. The number of carbonyl (C=O) groups is 1. The molecule has 6 nitrogen and oxygen atoms in total. The molecule has 0 saturated carbocycles. The van der Waals surface area contributed by atoms with Gasteiger partial charge in [-0.3, -0.25) is 9.78 Å². The maximum absolute atomic E-state index is 11.7. The Bertz CT molecular complexity index is 1150. The Kier molecular flexibility index (Phi) is 5.75. The van der Waals surface area contributed by atoms with E-state index in [9.17, 15) is 4.79 Å². The van der Waals surface area contributed by atoms with Gasteiger partial charge in [0, 0.05) is 41.8 Å². The molecular formula is C24H21N5O. The topological polar surface area (TPSA) is 79.8 Å². The lowest BCUT2D eigenvalue weighted by Gasteiger charge is -2.12. The summed E-state index contributed by atoms with van der Waals surface area (Å²) in [6, 6.07) is 23.1. The number of ketones is 1. The fourth-order valence-corrected chi connectivity index (χ4v) is 2.99. The summed E-state index contributed by atoms with van der Waals surface area (Å²) in [7, 11) is 0. The van der Waals surface area contributed by atoms with Crippen LogP contribution in [0.2, 0.25) is 0 Å². The summed E-state index contributed by atoms with van der Waals surface area (Å²) < 4.78 is 0. The third-order valence-electron chi connectivity index (χ3n) is 4.52. The largest absolute Gasteiger partial charge is 0.366 e. The maximum Gasteiger partial charge on any atom is 0.229 e. The maximum atomic E-state index is 11.7. The summed E-state index contributed by atoms with van der Waals surface area (Å²) in [6.07, 6.45) is 3.57. The van der Waals surface area contributed by atoms with Gasteiger partial charge in [-0.25, -0.2) is 4.98 Å². The molecule has 0 fully saturated rings. The summed E-state index contributed by atoms with van der Waals surface area (Å²) in [5, 5.41) is 6.56. The number of rotatable bonds is 7. The van der Waals surface area contributed by atoms with Crippen molar-refractivity contribution in [3.63, 3.8) is 0 Å². The molecule has 2 N–H and O–H groups in total. The number of pyridine rings is 1. The number of aromatic nitrogens is 3. The van der Waals surface area contributed by atoms with Crippen LogP contribution in [-0.2, 0) is 6.54 Å². The van der Waals surface area contributed by atoms with Crippen LogP contribution in [-0.4, -0.2) is 20.7 Å². The summed E-state index contributed by atoms with van der Waals surface area (Å²) in [5.41, 5.74) is 4.23. The van der Waals surface area contributed by atoms with E-state index in [4.69, 9.17) is 0 Å². The molecule has 6 heteroatoms. The van der Waals surface area contributed by atoms with Gasteiger partial charge in [0.2, 0.25) is 5.95 Å². The zero-order valence-electron chi connectivity index (χ0n) is 16.5. The molecule has 0 aliphatic heterocycles. The molecule has 0 bridgehead atoms. The second-order valence-electron chi connectivity index (χ2n) is 6.80. The number of carbonyl (C=O) groups excluding carboxylic acids is 1. The Labute approximate surface area is 175 Å². The van der Waals surface area contributed by atoms with Crippen molar-refractivity contribution in [2.45, 2.75) is 13.5 Å². The number of anilines is 3. The SMILES string of the molecule is CC(=O)c1cccc(Nc2nc(NCc3cccnc3)cc(-c3ccccc3)n2)c1. The molecule has 2 aromatic carbocycles. The Morgan fingerprint density at radius 3 is 2.57 bits per heavy atom. The fraction of sp³-hybridized carbons (Fsp3) is 0.0833. The van der Waals surface area contributed by atoms with E-state index in [0.29, 0.717) is 23.9 Å². The smallest absolute Gasteiger partial charge is 0.229 e. The highest BCUT2D eigenvalue weighted by Gasteiger charge is 2.08. The van der Waals surface area contributed by atoms with Crippen LogP contribution in [0, 0.1) is 0 Å². The third kappa shape index (κ3) is 4.86. The number of hydrogen-bond acceptors (Lipinski definition) is 6. The van der Waals surface area contributed by atoms with Crippen LogP contribution in [0.3, 0.4) is 0 Å². The van der Waals surface area contributed by atoms with Crippen molar-refractivity contribution < 1.29 is 4.79 Å². The van der Waals surface area contributed by atoms with Crippen molar-refractivity contribution in [1.82, 2.24) is 15.0 Å². The fourth-order valence-electron chi connectivity index (χ4n) is 2.99. The molecule has 148 valence electrons. The van der Waals surface area contributed by atoms with Gasteiger partial charge in [0.15, 0.2) is 5.78 Å². The molecule has 4 aromatic rings. The predicted molar refractivity (Wildman–Crippen MR) is 119 cm³/mol. The van der Waals surface area contributed by atoms with E-state index in [2.05, 4.69) is 25.6 Å². The quantitative estimate of drug-likeness (QED) is 0.424. The molecule has 0 unspecified atom stereocenters. The zero-order valence-corrected chi connectivity index (χ0v) is 16.5. The first-order chi connectivity index (χ1) is 14.7. The number of nitrogens with zero attached hydrogens (tertiary/aromatic N) is 3. The van der Waals surface area contributed by atoms with Crippen LogP contribution in [0.4, 0.5) is 17.5 Å². The first-order valence-electron chi connectivity index (χ1n) is 9.63. The monoisotopic (exact) mass is 395 g/mol. The van der Waals surface area contributed by atoms with E-state index in [0.717, 1.165) is 22.5 Å². The standard InChI is InChI=1S/C24H21N5O/c1-17(30)20-10-5-11-21(13-20)27-24-28-22(19-8-3-2-4-9-19)14-23(29-24)26-16-18-7-6-12-25-15-18/h2-15H,16H2,1H3,(H2,26,27,28,29). The van der Waals surface area contributed by atoms with Crippen molar-refractivity contribution in [3.8, 4) is 11.3 Å². The lowest BCUT2D eigenvalue weighted by molar-refractivity contribution is 0.101. The van der Waals surface area contributed by atoms with E-state index in [1.165, 1.54) is 0 Å². The van der Waals surface area contributed by atoms with Gasteiger partial charge in [-0.1, -0.05) is 48.5 Å². The normalized spacial score (nSPS) is 10.4. The molecule has 2 aromatic heterocycles. The highest BCUT2D eigenvalue weighted by atomic mass is 16.1. The van der Waals surface area contributed by atoms with Gasteiger partial charge in [0.05, 0.1) is 5.69 Å². The Morgan fingerprint density at radius 2 is 1.80 bits per heavy atom. The van der Waals surface area contributed by atoms with Gasteiger partial charge < -0.3 is 10.6 Å². The lowest BCUT2D eigenvalue weighted by Crippen LogP contribution is -2.06. The van der Waals surface area contributed by atoms with Gasteiger partial charge in [0.25, 0.3) is 0 Å². The number of hydrogen-bond donors (Lipinski definition) is 2. The third-order valence-corrected chi connectivity index (χ3v) is 4.52. The molecule has 30 heavy (non-hydrogen) atoms. The first-order valence-corrected chi connectivity index (χ1v) is 9.63. The van der Waals surface area contributed by atoms with Gasteiger partial charge >= 0.3 is 0 Å². The van der Waals surface area contributed by atoms with Crippen molar-refractivity contribution in [1.29, 1.82) is 0 Å². The van der Waals surface area contributed by atoms with Crippen molar-refractivity contribution in [2.24, 2.45) is 0 Å². The lowest BCUT2D eigenvalue weighted by atomic mass is 10.1. The molecule has 0 saturated heterocycles. The second-order valence-corrected chi connectivity index (χ2v) is 6.80. The number of benzene rings is 2. The highest BCUT2D eigenvalue weighted by Crippen LogP contribution is 2.24. The Hall–Kier alpha value is -4.06. The summed E-state index contributed by atoms with van der Waals surface area (Å²) in [4.78, 5) is 25.1. The van der Waals surface area contributed by atoms with Gasteiger partial charge in [-0.2, -0.15) is 4.98 Å².